The highest BCUT2D eigenvalue weighted by atomic mass is 32.2. The molecule has 1 amide bonds. The molecule has 2 heterocycles. The second-order valence-electron chi connectivity index (χ2n) is 5.98. The molecule has 1 atom stereocenters. The Morgan fingerprint density at radius 2 is 2.23 bits per heavy atom. The molecule has 1 N–H and O–H groups in total. The van der Waals surface area contributed by atoms with E-state index in [4.69, 9.17) is 4.74 Å². The van der Waals surface area contributed by atoms with Gasteiger partial charge in [0.15, 0.2) is 0 Å². The zero-order chi connectivity index (χ0) is 18.5. The standard InChI is InChI=1S/C16H21N5O3S2/c1-24-16(23)11(7-8-25-2)18-14(22)13-10-5-3-4-6-12(10)26-15(13)21-9-17-19-20-21/h9,11H,3-8H2,1-2H3,(H,18,22)/t11-/m0/s1. The number of nitrogens with one attached hydrogen (secondary N) is 1. The molecule has 140 valence electrons. The molecule has 10 heteroatoms. The summed E-state index contributed by atoms with van der Waals surface area (Å²) in [7, 11) is 1.33. The van der Waals surface area contributed by atoms with Crippen molar-refractivity contribution in [3.05, 3.63) is 22.3 Å². The second-order valence-corrected chi connectivity index (χ2v) is 8.05. The summed E-state index contributed by atoms with van der Waals surface area (Å²) in [5, 5.41) is 14.9. The molecule has 0 fully saturated rings. The quantitative estimate of drug-likeness (QED) is 0.711. The molecule has 0 unspecified atom stereocenters. The summed E-state index contributed by atoms with van der Waals surface area (Å²) in [4.78, 5) is 26.3. The van der Waals surface area contributed by atoms with E-state index in [-0.39, 0.29) is 5.91 Å². The van der Waals surface area contributed by atoms with Crippen LogP contribution in [0.5, 0.6) is 0 Å². The SMILES string of the molecule is COC(=O)[C@H](CCSC)NC(=O)c1c(-n2cnnn2)sc2c1CCCC2. The average Bonchev–Trinajstić information content (AvgIpc) is 3.31. The molecule has 1 aliphatic rings. The fraction of sp³-hybridized carbons (Fsp3) is 0.562. The van der Waals surface area contributed by atoms with Gasteiger partial charge in [0.2, 0.25) is 0 Å². The summed E-state index contributed by atoms with van der Waals surface area (Å²) < 4.78 is 6.37. The largest absolute Gasteiger partial charge is 0.467 e. The number of aryl methyl sites for hydroxylation is 1. The van der Waals surface area contributed by atoms with Crippen LogP contribution in [0, 0.1) is 0 Å². The number of fused-ring (bicyclic) bond motifs is 1. The minimum atomic E-state index is -0.666. The Morgan fingerprint density at radius 3 is 2.92 bits per heavy atom. The Bertz CT molecular complexity index is 775. The first-order chi connectivity index (χ1) is 12.7. The maximum atomic E-state index is 13.1. The van der Waals surface area contributed by atoms with Gasteiger partial charge in [-0.25, -0.2) is 4.79 Å². The highest BCUT2D eigenvalue weighted by Gasteiger charge is 2.30. The van der Waals surface area contributed by atoms with Gasteiger partial charge in [-0.2, -0.15) is 16.4 Å². The van der Waals surface area contributed by atoms with Gasteiger partial charge in [-0.3, -0.25) is 4.79 Å². The van der Waals surface area contributed by atoms with Crippen molar-refractivity contribution in [3.8, 4) is 5.00 Å². The number of esters is 1. The zero-order valence-corrected chi connectivity index (χ0v) is 16.4. The van der Waals surface area contributed by atoms with Crippen molar-refractivity contribution < 1.29 is 14.3 Å². The predicted octanol–water partition coefficient (Wildman–Crippen LogP) is 1.63. The highest BCUT2D eigenvalue weighted by Crippen LogP contribution is 2.36. The highest BCUT2D eigenvalue weighted by molar-refractivity contribution is 7.98. The number of thiophene rings is 1. The zero-order valence-electron chi connectivity index (χ0n) is 14.7. The lowest BCUT2D eigenvalue weighted by atomic mass is 9.95. The van der Waals surface area contributed by atoms with Crippen molar-refractivity contribution in [1.29, 1.82) is 0 Å². The number of amides is 1. The first kappa shape index (κ1) is 18.8. The van der Waals surface area contributed by atoms with E-state index in [1.54, 1.807) is 23.1 Å². The number of hydrogen-bond donors (Lipinski definition) is 1. The topological polar surface area (TPSA) is 99.0 Å². The van der Waals surface area contributed by atoms with E-state index in [1.165, 1.54) is 23.0 Å². The smallest absolute Gasteiger partial charge is 0.328 e. The summed E-state index contributed by atoms with van der Waals surface area (Å²) in [6.07, 6.45) is 7.93. The summed E-state index contributed by atoms with van der Waals surface area (Å²) in [6.45, 7) is 0. The molecule has 0 saturated heterocycles. The summed E-state index contributed by atoms with van der Waals surface area (Å²) in [5.74, 6) is 0.0497. The van der Waals surface area contributed by atoms with E-state index in [2.05, 4.69) is 20.8 Å². The number of hydrogen-bond acceptors (Lipinski definition) is 8. The van der Waals surface area contributed by atoms with Crippen LogP contribution in [-0.4, -0.2) is 57.2 Å². The molecule has 1 aliphatic carbocycles. The van der Waals surface area contributed by atoms with Gasteiger partial charge < -0.3 is 10.1 Å². The normalized spacial score (nSPS) is 14.5. The van der Waals surface area contributed by atoms with Gasteiger partial charge >= 0.3 is 5.97 Å². The maximum Gasteiger partial charge on any atom is 0.328 e. The molecule has 26 heavy (non-hydrogen) atoms. The van der Waals surface area contributed by atoms with Gasteiger partial charge in [-0.15, -0.1) is 16.4 Å². The van der Waals surface area contributed by atoms with Crippen LogP contribution in [-0.2, 0) is 22.4 Å². The lowest BCUT2D eigenvalue weighted by Crippen LogP contribution is -2.42. The van der Waals surface area contributed by atoms with Crippen molar-refractivity contribution in [2.75, 3.05) is 19.1 Å². The number of thioether (sulfide) groups is 1. The molecule has 0 bridgehead atoms. The van der Waals surface area contributed by atoms with Crippen molar-refractivity contribution >= 4 is 35.0 Å². The first-order valence-electron chi connectivity index (χ1n) is 8.41. The van der Waals surface area contributed by atoms with Gasteiger partial charge in [0, 0.05) is 4.88 Å². The molecule has 0 saturated carbocycles. The fourth-order valence-electron chi connectivity index (χ4n) is 3.06. The Kier molecular flexibility index (Phi) is 6.25. The number of rotatable bonds is 7. The van der Waals surface area contributed by atoms with E-state index in [1.807, 2.05) is 6.26 Å². The maximum absolute atomic E-state index is 13.1. The second kappa shape index (κ2) is 8.63. The van der Waals surface area contributed by atoms with E-state index < -0.39 is 12.0 Å². The van der Waals surface area contributed by atoms with Gasteiger partial charge in [0.25, 0.3) is 5.91 Å². The Labute approximate surface area is 159 Å². The molecular weight excluding hydrogens is 374 g/mol. The molecule has 0 radical (unpaired) electrons. The van der Waals surface area contributed by atoms with Crippen LogP contribution < -0.4 is 5.32 Å². The van der Waals surface area contributed by atoms with E-state index in [0.717, 1.165) is 37.0 Å². The van der Waals surface area contributed by atoms with E-state index in [0.29, 0.717) is 17.0 Å². The van der Waals surface area contributed by atoms with Gasteiger partial charge in [-0.05, 0) is 60.1 Å². The van der Waals surface area contributed by atoms with Crippen molar-refractivity contribution in [1.82, 2.24) is 25.5 Å². The summed E-state index contributed by atoms with van der Waals surface area (Å²) in [6, 6.07) is -0.666. The molecule has 8 nitrogen and oxygen atoms in total. The van der Waals surface area contributed by atoms with Crippen LogP contribution in [0.4, 0.5) is 0 Å². The summed E-state index contributed by atoms with van der Waals surface area (Å²) >= 11 is 3.17. The number of carbonyl (C=O) groups is 2. The minimum Gasteiger partial charge on any atom is -0.467 e. The number of tetrazole rings is 1. The fourth-order valence-corrected chi connectivity index (χ4v) is 4.83. The Morgan fingerprint density at radius 1 is 1.42 bits per heavy atom. The van der Waals surface area contributed by atoms with Crippen molar-refractivity contribution in [3.63, 3.8) is 0 Å². The number of aromatic nitrogens is 4. The summed E-state index contributed by atoms with van der Waals surface area (Å²) in [5.41, 5.74) is 1.63. The molecule has 0 spiro atoms. The third kappa shape index (κ3) is 3.90. The number of ether oxygens (including phenoxy) is 1. The minimum absolute atomic E-state index is 0.272. The molecular formula is C16H21N5O3S2. The predicted molar refractivity (Wildman–Crippen MR) is 99.9 cm³/mol. The van der Waals surface area contributed by atoms with Crippen LogP contribution in [0.3, 0.4) is 0 Å². The molecule has 0 aliphatic heterocycles. The van der Waals surface area contributed by atoms with Crippen molar-refractivity contribution in [2.24, 2.45) is 0 Å². The van der Waals surface area contributed by atoms with Crippen molar-refractivity contribution in [2.45, 2.75) is 38.1 Å². The Hall–Kier alpha value is -1.94. The van der Waals surface area contributed by atoms with Crippen LogP contribution in [0.25, 0.3) is 5.00 Å². The monoisotopic (exact) mass is 395 g/mol. The van der Waals surface area contributed by atoms with Gasteiger partial charge in [-0.1, -0.05) is 0 Å². The van der Waals surface area contributed by atoms with E-state index in [9.17, 15) is 9.59 Å². The molecule has 3 rings (SSSR count). The first-order valence-corrected chi connectivity index (χ1v) is 10.6. The van der Waals surface area contributed by atoms with Crippen LogP contribution in [0.1, 0.15) is 40.1 Å². The van der Waals surface area contributed by atoms with Gasteiger partial charge in [0.05, 0.1) is 12.7 Å². The lowest BCUT2D eigenvalue weighted by molar-refractivity contribution is -0.142. The Balaban J connectivity index is 1.92. The third-order valence-electron chi connectivity index (χ3n) is 4.34. The van der Waals surface area contributed by atoms with Crippen LogP contribution in [0.15, 0.2) is 6.33 Å². The third-order valence-corrected chi connectivity index (χ3v) is 6.26. The lowest BCUT2D eigenvalue weighted by Gasteiger charge is -2.18. The van der Waals surface area contributed by atoms with E-state index >= 15 is 0 Å². The number of carbonyl (C=O) groups excluding carboxylic acids is 2. The van der Waals surface area contributed by atoms with Crippen LogP contribution in [0.2, 0.25) is 0 Å². The molecule has 2 aromatic heterocycles. The van der Waals surface area contributed by atoms with Crippen LogP contribution >= 0.6 is 23.1 Å². The molecule has 0 aromatic carbocycles. The number of methoxy groups -OCH3 is 1. The average molecular weight is 396 g/mol. The van der Waals surface area contributed by atoms with Gasteiger partial charge in [0.1, 0.15) is 17.4 Å². The number of nitrogens with zero attached hydrogens (tertiary/aromatic N) is 4. The molecule has 2 aromatic rings.